The van der Waals surface area contributed by atoms with Crippen molar-refractivity contribution >= 4 is 14.2 Å². The lowest BCUT2D eigenvalue weighted by Gasteiger charge is -2.31. The van der Waals surface area contributed by atoms with Crippen LogP contribution in [0.25, 0.3) is 0 Å². The summed E-state index contributed by atoms with van der Waals surface area (Å²) >= 11 is 0. The van der Waals surface area contributed by atoms with Crippen molar-refractivity contribution in [2.24, 2.45) is 0 Å². The van der Waals surface area contributed by atoms with E-state index in [0.717, 1.165) is 0 Å². The van der Waals surface area contributed by atoms with Crippen LogP contribution in [0.1, 0.15) is 20.8 Å². The van der Waals surface area contributed by atoms with E-state index in [0.29, 0.717) is 0 Å². The molecule has 5 heteroatoms. The minimum atomic E-state index is -1.58. The summed E-state index contributed by atoms with van der Waals surface area (Å²) in [6, 6.07) is 0. The maximum Gasteiger partial charge on any atom is 0.510 e. The van der Waals surface area contributed by atoms with E-state index in [2.05, 4.69) is 50.1 Å². The van der Waals surface area contributed by atoms with Crippen molar-refractivity contribution in [2.45, 2.75) is 45.2 Å². The largest absolute Gasteiger partial charge is 0.510 e. The molecule has 0 N–H and O–H groups in total. The topological polar surface area (TPSA) is 44.8 Å². The van der Waals surface area contributed by atoms with E-state index in [1.165, 1.54) is 0 Å². The number of ether oxygens (including phenoxy) is 3. The van der Waals surface area contributed by atoms with Crippen molar-refractivity contribution < 1.29 is 19.0 Å². The molecule has 0 radical (unpaired) electrons. The van der Waals surface area contributed by atoms with Crippen molar-refractivity contribution in [3.05, 3.63) is 0 Å². The van der Waals surface area contributed by atoms with Crippen LogP contribution in [-0.2, 0) is 14.2 Å². The van der Waals surface area contributed by atoms with E-state index in [1.807, 2.05) is 0 Å². The van der Waals surface area contributed by atoms with Crippen molar-refractivity contribution in [1.82, 2.24) is 0 Å². The predicted octanol–water partition coefficient (Wildman–Crippen LogP) is 2.55. The number of hydrogen-bond acceptors (Lipinski definition) is 4. The summed E-state index contributed by atoms with van der Waals surface area (Å²) in [6.07, 6.45) is -1.27. The van der Waals surface area contributed by atoms with E-state index in [9.17, 15) is 4.79 Å². The number of cyclic esters (lactones) is 2. The van der Waals surface area contributed by atoms with Crippen LogP contribution in [0.5, 0.6) is 0 Å². The molecule has 1 fully saturated rings. The molecule has 0 saturated carbocycles. The average molecular weight is 256 g/mol. The summed E-state index contributed by atoms with van der Waals surface area (Å²) in [6.45, 7) is 11.5. The molecule has 0 bridgehead atoms. The average Bonchev–Trinajstić information content (AvgIpc) is 2.57. The molecular formula is C12H20O4Si. The standard InChI is InChI=1S/C12H20O4Si/c1-12(2,3)17(4,5)8-6-7-14-10-9-15-11(13)16-10/h10H,7,9H2,1-5H3. The molecule has 0 aromatic heterocycles. The van der Waals surface area contributed by atoms with Gasteiger partial charge in [-0.25, -0.2) is 4.79 Å². The lowest BCUT2D eigenvalue weighted by molar-refractivity contribution is -0.0641. The first-order valence-corrected chi connectivity index (χ1v) is 8.67. The molecule has 4 nitrogen and oxygen atoms in total. The Morgan fingerprint density at radius 1 is 1.47 bits per heavy atom. The maximum atomic E-state index is 10.6. The van der Waals surface area contributed by atoms with E-state index in [-0.39, 0.29) is 18.3 Å². The van der Waals surface area contributed by atoms with Gasteiger partial charge in [0.2, 0.25) is 6.29 Å². The summed E-state index contributed by atoms with van der Waals surface area (Å²) < 4.78 is 14.6. The molecule has 1 atom stereocenters. The fourth-order valence-corrected chi connectivity index (χ4v) is 1.86. The van der Waals surface area contributed by atoms with Crippen molar-refractivity contribution in [2.75, 3.05) is 13.2 Å². The molecule has 1 saturated heterocycles. The van der Waals surface area contributed by atoms with E-state index < -0.39 is 20.5 Å². The molecule has 1 unspecified atom stereocenters. The summed E-state index contributed by atoms with van der Waals surface area (Å²) in [7, 11) is -1.58. The summed E-state index contributed by atoms with van der Waals surface area (Å²) in [5, 5.41) is 0.239. The van der Waals surface area contributed by atoms with Gasteiger partial charge in [0.15, 0.2) is 6.61 Å². The van der Waals surface area contributed by atoms with E-state index in [4.69, 9.17) is 9.47 Å². The van der Waals surface area contributed by atoms with Crippen LogP contribution in [0.3, 0.4) is 0 Å². The van der Waals surface area contributed by atoms with Gasteiger partial charge in [-0.05, 0) is 5.04 Å². The first-order chi connectivity index (χ1) is 7.72. The van der Waals surface area contributed by atoms with Crippen LogP contribution in [-0.4, -0.2) is 33.7 Å². The van der Waals surface area contributed by atoms with Gasteiger partial charge >= 0.3 is 6.16 Å². The van der Waals surface area contributed by atoms with Gasteiger partial charge in [-0.3, -0.25) is 0 Å². The number of hydrogen-bond donors (Lipinski definition) is 0. The zero-order chi connectivity index (χ0) is 13.1. The fraction of sp³-hybridized carbons (Fsp3) is 0.750. The highest BCUT2D eigenvalue weighted by atomic mass is 28.3. The molecule has 0 aliphatic carbocycles. The molecule has 17 heavy (non-hydrogen) atoms. The molecular weight excluding hydrogens is 236 g/mol. The first-order valence-electron chi connectivity index (χ1n) is 5.67. The SMILES string of the molecule is CC(C)(C)[Si](C)(C)C#CCOC1COC(=O)O1. The second-order valence-corrected chi connectivity index (χ2v) is 10.6. The highest BCUT2D eigenvalue weighted by Gasteiger charge is 2.33. The highest BCUT2D eigenvalue weighted by molar-refractivity contribution is 6.87. The molecule has 0 spiro atoms. The third kappa shape index (κ3) is 4.06. The lowest BCUT2D eigenvalue weighted by atomic mass is 10.2. The Morgan fingerprint density at radius 2 is 2.12 bits per heavy atom. The van der Waals surface area contributed by atoms with Gasteiger partial charge in [0.05, 0.1) is 0 Å². The van der Waals surface area contributed by atoms with Crippen LogP contribution in [0.4, 0.5) is 4.79 Å². The minimum Gasteiger partial charge on any atom is -0.428 e. The summed E-state index contributed by atoms with van der Waals surface area (Å²) in [4.78, 5) is 10.6. The van der Waals surface area contributed by atoms with E-state index >= 15 is 0 Å². The summed E-state index contributed by atoms with van der Waals surface area (Å²) in [5.41, 5.74) is 3.32. The molecule has 0 aromatic carbocycles. The number of carbonyl (C=O) groups is 1. The predicted molar refractivity (Wildman–Crippen MR) is 67.1 cm³/mol. The molecule has 96 valence electrons. The van der Waals surface area contributed by atoms with Gasteiger partial charge in [0, 0.05) is 0 Å². The Balaban J connectivity index is 2.39. The van der Waals surface area contributed by atoms with Crippen LogP contribution in [0.15, 0.2) is 0 Å². The zero-order valence-corrected chi connectivity index (χ0v) is 12.1. The van der Waals surface area contributed by atoms with Crippen LogP contribution in [0, 0.1) is 11.5 Å². The van der Waals surface area contributed by atoms with Crippen molar-refractivity contribution in [3.63, 3.8) is 0 Å². The normalized spacial score (nSPS) is 20.3. The quantitative estimate of drug-likeness (QED) is 0.433. The monoisotopic (exact) mass is 256 g/mol. The molecule has 1 heterocycles. The van der Waals surface area contributed by atoms with Crippen LogP contribution < -0.4 is 0 Å². The minimum absolute atomic E-state index is 0.153. The van der Waals surface area contributed by atoms with Gasteiger partial charge in [0.1, 0.15) is 14.7 Å². The second-order valence-electron chi connectivity index (χ2n) is 5.60. The Morgan fingerprint density at radius 3 is 2.59 bits per heavy atom. The van der Waals surface area contributed by atoms with Crippen molar-refractivity contribution in [3.8, 4) is 11.5 Å². The van der Waals surface area contributed by atoms with Crippen molar-refractivity contribution in [1.29, 1.82) is 0 Å². The number of rotatable bonds is 2. The Hall–Kier alpha value is -0.993. The Labute approximate surface area is 104 Å². The van der Waals surface area contributed by atoms with Gasteiger partial charge in [-0.2, -0.15) is 0 Å². The highest BCUT2D eigenvalue weighted by Crippen LogP contribution is 2.34. The smallest absolute Gasteiger partial charge is 0.428 e. The third-order valence-electron chi connectivity index (χ3n) is 3.18. The molecule has 1 aliphatic rings. The zero-order valence-electron chi connectivity index (χ0n) is 11.1. The second kappa shape index (κ2) is 5.11. The van der Waals surface area contributed by atoms with Gasteiger partial charge < -0.3 is 14.2 Å². The molecule has 0 amide bonds. The fourth-order valence-electron chi connectivity index (χ4n) is 0.973. The Kier molecular flexibility index (Phi) is 4.23. The third-order valence-corrected chi connectivity index (χ3v) is 7.73. The molecule has 0 aromatic rings. The van der Waals surface area contributed by atoms with Gasteiger partial charge in [-0.15, -0.1) is 5.54 Å². The number of carbonyl (C=O) groups excluding carboxylic acids is 1. The summed E-state index contributed by atoms with van der Waals surface area (Å²) in [5.74, 6) is 3.02. The van der Waals surface area contributed by atoms with Gasteiger partial charge in [-0.1, -0.05) is 39.8 Å². The van der Waals surface area contributed by atoms with Crippen LogP contribution >= 0.6 is 0 Å². The Bertz CT molecular complexity index is 346. The van der Waals surface area contributed by atoms with Crippen LogP contribution in [0.2, 0.25) is 18.1 Å². The first kappa shape index (κ1) is 14.1. The lowest BCUT2D eigenvalue weighted by Crippen LogP contribution is -2.35. The maximum absolute atomic E-state index is 10.6. The van der Waals surface area contributed by atoms with E-state index in [1.54, 1.807) is 0 Å². The van der Waals surface area contributed by atoms with Gasteiger partial charge in [0.25, 0.3) is 0 Å². The molecule has 1 aliphatic heterocycles. The molecule has 1 rings (SSSR count).